The van der Waals surface area contributed by atoms with Crippen molar-refractivity contribution < 1.29 is 0 Å². The molecule has 0 amide bonds. The second-order valence-electron chi connectivity index (χ2n) is 5.69. The quantitative estimate of drug-likeness (QED) is 0.583. The Morgan fingerprint density at radius 2 is 1.67 bits per heavy atom. The maximum absolute atomic E-state index is 4.41. The summed E-state index contributed by atoms with van der Waals surface area (Å²) in [4.78, 5) is 2.42. The summed E-state index contributed by atoms with van der Waals surface area (Å²) in [6, 6.07) is 18.9. The first-order chi connectivity index (χ1) is 11.8. The molecule has 0 aliphatic heterocycles. The van der Waals surface area contributed by atoms with E-state index in [4.69, 9.17) is 0 Å². The largest absolute Gasteiger partial charge is 0.303 e. The number of fused-ring (bicyclic) bond motifs is 1. The Bertz CT molecular complexity index is 782. The zero-order valence-electron chi connectivity index (χ0n) is 14.3. The minimum absolute atomic E-state index is 0.925. The van der Waals surface area contributed by atoms with Crippen LogP contribution in [0.3, 0.4) is 0 Å². The number of rotatable bonds is 7. The third kappa shape index (κ3) is 4.13. The van der Waals surface area contributed by atoms with Crippen molar-refractivity contribution in [3.05, 3.63) is 54.6 Å². The van der Waals surface area contributed by atoms with Crippen LogP contribution in [0.15, 0.2) is 59.6 Å². The van der Waals surface area contributed by atoms with Crippen molar-refractivity contribution in [3.8, 4) is 11.3 Å². The number of aromatic nitrogens is 2. The topological polar surface area (TPSA) is 29.0 Å². The van der Waals surface area contributed by atoms with E-state index >= 15 is 0 Å². The third-order valence-corrected chi connectivity index (χ3v) is 5.14. The standard InChI is InChI=1S/C20H23N3S/c1-3-23(4-2)13-14-24-20-12-11-19(21-22-20)18-10-9-16-7-5-6-8-17(16)15-18/h5-12,15H,3-4,13-14H2,1-2H3. The van der Waals surface area contributed by atoms with Gasteiger partial charge in [-0.3, -0.25) is 0 Å². The summed E-state index contributed by atoms with van der Waals surface area (Å²) in [5.74, 6) is 1.05. The zero-order chi connectivity index (χ0) is 16.8. The van der Waals surface area contributed by atoms with Crippen LogP contribution >= 0.6 is 11.8 Å². The highest BCUT2D eigenvalue weighted by molar-refractivity contribution is 7.99. The minimum atomic E-state index is 0.925. The van der Waals surface area contributed by atoms with Gasteiger partial charge >= 0.3 is 0 Å². The van der Waals surface area contributed by atoms with Crippen molar-refractivity contribution in [1.82, 2.24) is 15.1 Å². The van der Waals surface area contributed by atoms with Gasteiger partial charge in [-0.25, -0.2) is 0 Å². The first-order valence-electron chi connectivity index (χ1n) is 8.48. The molecular formula is C20H23N3S. The lowest BCUT2D eigenvalue weighted by atomic mass is 10.1. The molecule has 3 nitrogen and oxygen atoms in total. The maximum Gasteiger partial charge on any atom is 0.119 e. The number of hydrogen-bond acceptors (Lipinski definition) is 4. The Morgan fingerprint density at radius 1 is 0.875 bits per heavy atom. The van der Waals surface area contributed by atoms with Gasteiger partial charge in [-0.2, -0.15) is 0 Å². The van der Waals surface area contributed by atoms with Gasteiger partial charge in [0.1, 0.15) is 5.03 Å². The molecule has 1 heterocycles. The van der Waals surface area contributed by atoms with E-state index in [0.29, 0.717) is 0 Å². The van der Waals surface area contributed by atoms with Gasteiger partial charge in [-0.05, 0) is 42.1 Å². The molecule has 0 spiro atoms. The molecule has 0 saturated heterocycles. The molecule has 0 radical (unpaired) electrons. The van der Waals surface area contributed by atoms with Gasteiger partial charge in [-0.1, -0.05) is 50.2 Å². The molecular weight excluding hydrogens is 314 g/mol. The summed E-state index contributed by atoms with van der Waals surface area (Å²) in [5.41, 5.74) is 2.04. The number of hydrogen-bond donors (Lipinski definition) is 0. The molecule has 3 aromatic rings. The predicted octanol–water partition coefficient (Wildman–Crippen LogP) is 4.73. The average Bonchev–Trinajstić information content (AvgIpc) is 2.65. The van der Waals surface area contributed by atoms with E-state index in [1.807, 2.05) is 0 Å². The number of benzene rings is 2. The summed E-state index contributed by atoms with van der Waals surface area (Å²) in [6.45, 7) is 7.69. The zero-order valence-corrected chi connectivity index (χ0v) is 15.1. The first-order valence-corrected chi connectivity index (χ1v) is 9.46. The highest BCUT2D eigenvalue weighted by Crippen LogP contribution is 2.24. The van der Waals surface area contributed by atoms with E-state index < -0.39 is 0 Å². The van der Waals surface area contributed by atoms with E-state index in [9.17, 15) is 0 Å². The van der Waals surface area contributed by atoms with Crippen LogP contribution in [0.25, 0.3) is 22.0 Å². The van der Waals surface area contributed by atoms with Gasteiger partial charge in [0, 0.05) is 17.9 Å². The van der Waals surface area contributed by atoms with Gasteiger partial charge in [0.05, 0.1) is 5.69 Å². The summed E-state index contributed by atoms with van der Waals surface area (Å²) in [7, 11) is 0. The Labute approximate surface area is 148 Å². The highest BCUT2D eigenvalue weighted by atomic mass is 32.2. The van der Waals surface area contributed by atoms with Gasteiger partial charge < -0.3 is 4.90 Å². The molecule has 0 unspecified atom stereocenters. The molecule has 0 aliphatic carbocycles. The van der Waals surface area contributed by atoms with Crippen molar-refractivity contribution in [3.63, 3.8) is 0 Å². The number of nitrogens with zero attached hydrogens (tertiary/aromatic N) is 3. The lowest BCUT2D eigenvalue weighted by Crippen LogP contribution is -2.25. The molecule has 0 saturated carbocycles. The van der Waals surface area contributed by atoms with Crippen LogP contribution in [-0.2, 0) is 0 Å². The Kier molecular flexibility index (Phi) is 5.83. The van der Waals surface area contributed by atoms with Gasteiger partial charge in [0.15, 0.2) is 0 Å². The van der Waals surface area contributed by atoms with Crippen LogP contribution in [0, 0.1) is 0 Å². The molecule has 2 aromatic carbocycles. The Balaban J connectivity index is 1.67. The second kappa shape index (κ2) is 8.27. The molecule has 0 bridgehead atoms. The summed E-state index contributed by atoms with van der Waals surface area (Å²) in [6.07, 6.45) is 0. The van der Waals surface area contributed by atoms with Crippen molar-refractivity contribution in [2.24, 2.45) is 0 Å². The lowest BCUT2D eigenvalue weighted by molar-refractivity contribution is 0.324. The highest BCUT2D eigenvalue weighted by Gasteiger charge is 2.04. The molecule has 1 aromatic heterocycles. The predicted molar refractivity (Wildman–Crippen MR) is 103 cm³/mol. The van der Waals surface area contributed by atoms with E-state index in [1.54, 1.807) is 11.8 Å². The van der Waals surface area contributed by atoms with Gasteiger partial charge in [0.25, 0.3) is 0 Å². The van der Waals surface area contributed by atoms with E-state index in [-0.39, 0.29) is 0 Å². The van der Waals surface area contributed by atoms with Crippen molar-refractivity contribution in [1.29, 1.82) is 0 Å². The molecule has 0 aliphatic rings. The van der Waals surface area contributed by atoms with Crippen LogP contribution < -0.4 is 0 Å². The molecule has 24 heavy (non-hydrogen) atoms. The van der Waals surface area contributed by atoms with Crippen molar-refractivity contribution in [2.75, 3.05) is 25.4 Å². The fourth-order valence-electron chi connectivity index (χ4n) is 2.72. The van der Waals surface area contributed by atoms with Crippen LogP contribution in [0.1, 0.15) is 13.8 Å². The lowest BCUT2D eigenvalue weighted by Gasteiger charge is -2.16. The van der Waals surface area contributed by atoms with Crippen LogP contribution in [0.2, 0.25) is 0 Å². The summed E-state index contributed by atoms with van der Waals surface area (Å²) in [5, 5.41) is 12.3. The van der Waals surface area contributed by atoms with Crippen LogP contribution in [-0.4, -0.2) is 40.5 Å². The monoisotopic (exact) mass is 337 g/mol. The second-order valence-corrected chi connectivity index (χ2v) is 6.81. The SMILES string of the molecule is CCN(CC)CCSc1ccc(-c2ccc3ccccc3c2)nn1. The minimum Gasteiger partial charge on any atom is -0.303 e. The van der Waals surface area contributed by atoms with Crippen molar-refractivity contribution >= 4 is 22.5 Å². The molecule has 124 valence electrons. The van der Waals surface area contributed by atoms with Gasteiger partial charge in [-0.15, -0.1) is 22.0 Å². The molecule has 4 heteroatoms. The van der Waals surface area contributed by atoms with Crippen molar-refractivity contribution in [2.45, 2.75) is 18.9 Å². The molecule has 0 fully saturated rings. The fraction of sp³-hybridized carbons (Fsp3) is 0.300. The fourth-order valence-corrected chi connectivity index (χ4v) is 3.54. The maximum atomic E-state index is 4.41. The van der Waals surface area contributed by atoms with E-state index in [1.165, 1.54) is 10.8 Å². The average molecular weight is 337 g/mol. The van der Waals surface area contributed by atoms with Crippen LogP contribution in [0.5, 0.6) is 0 Å². The Hall–Kier alpha value is -1.91. The smallest absolute Gasteiger partial charge is 0.119 e. The normalized spacial score (nSPS) is 11.3. The van der Waals surface area contributed by atoms with E-state index in [2.05, 4.69) is 83.5 Å². The number of thioether (sulfide) groups is 1. The third-order valence-electron chi connectivity index (χ3n) is 4.24. The van der Waals surface area contributed by atoms with Gasteiger partial charge in [0.2, 0.25) is 0 Å². The first kappa shape index (κ1) is 16.9. The van der Waals surface area contributed by atoms with E-state index in [0.717, 1.165) is 41.7 Å². The van der Waals surface area contributed by atoms with Crippen LogP contribution in [0.4, 0.5) is 0 Å². The molecule has 3 rings (SSSR count). The summed E-state index contributed by atoms with van der Waals surface area (Å²) < 4.78 is 0. The molecule has 0 N–H and O–H groups in total. The molecule has 0 atom stereocenters. The summed E-state index contributed by atoms with van der Waals surface area (Å²) >= 11 is 1.77. The Morgan fingerprint density at radius 3 is 2.38 bits per heavy atom.